The van der Waals surface area contributed by atoms with E-state index in [9.17, 15) is 19.0 Å². The number of phosphoric acid groups is 1. The lowest BCUT2D eigenvalue weighted by atomic mass is 10.0. The van der Waals surface area contributed by atoms with E-state index < -0.39 is 26.6 Å². The summed E-state index contributed by atoms with van der Waals surface area (Å²) in [7, 11) is 1.13. The monoisotopic (exact) mass is 1170 g/mol. The first-order valence-electron chi connectivity index (χ1n) is 33.8. The zero-order valence-corrected chi connectivity index (χ0v) is 55.3. The van der Waals surface area contributed by atoms with E-state index in [1.54, 1.807) is 0 Å². The van der Waals surface area contributed by atoms with Crippen molar-refractivity contribution in [2.24, 2.45) is 0 Å². The predicted molar refractivity (Wildman–Crippen MR) is 357 cm³/mol. The number of phosphoric ester groups is 1. The fourth-order valence-corrected chi connectivity index (χ4v) is 9.91. The second-order valence-corrected chi connectivity index (χ2v) is 25.0. The first kappa shape index (κ1) is 79.4. The Balaban J connectivity index is 5.19. The topological polar surface area (TPSA) is 114 Å². The third-order valence-electron chi connectivity index (χ3n) is 14.4. The number of amides is 1. The molecular formula is C73H127N2O7P. The molecule has 83 heavy (non-hydrogen) atoms. The molecule has 476 valence electrons. The minimum Gasteiger partial charge on any atom is -0.756 e. The van der Waals surface area contributed by atoms with Gasteiger partial charge in [-0.3, -0.25) is 14.2 Å². The van der Waals surface area contributed by atoms with Crippen molar-refractivity contribution in [1.29, 1.82) is 0 Å². The van der Waals surface area contributed by atoms with E-state index in [0.29, 0.717) is 23.9 Å². The van der Waals surface area contributed by atoms with E-state index in [2.05, 4.69) is 135 Å². The van der Waals surface area contributed by atoms with Crippen molar-refractivity contribution >= 4 is 19.7 Å². The normalized spacial score (nSPS) is 14.3. The molecule has 0 saturated heterocycles. The van der Waals surface area contributed by atoms with Crippen molar-refractivity contribution in [1.82, 2.24) is 5.32 Å². The molecule has 0 bridgehead atoms. The number of allylic oxidation sites excluding steroid dienone is 19. The van der Waals surface area contributed by atoms with Gasteiger partial charge in [-0.25, -0.2) is 0 Å². The summed E-state index contributed by atoms with van der Waals surface area (Å²) < 4.78 is 30.3. The maximum Gasteiger partial charge on any atom is 0.306 e. The lowest BCUT2D eigenvalue weighted by molar-refractivity contribution is -0.870. The largest absolute Gasteiger partial charge is 0.756 e. The third kappa shape index (κ3) is 62.8. The van der Waals surface area contributed by atoms with Crippen LogP contribution < -0.4 is 10.2 Å². The molecule has 9 nitrogen and oxygen atoms in total. The number of ether oxygens (including phenoxy) is 1. The smallest absolute Gasteiger partial charge is 0.306 e. The van der Waals surface area contributed by atoms with Crippen molar-refractivity contribution in [3.8, 4) is 0 Å². The summed E-state index contributed by atoms with van der Waals surface area (Å²) in [6, 6.07) is -0.928. The van der Waals surface area contributed by atoms with Crippen molar-refractivity contribution in [2.45, 2.75) is 290 Å². The van der Waals surface area contributed by atoms with Crippen LogP contribution in [0.15, 0.2) is 122 Å². The van der Waals surface area contributed by atoms with Crippen LogP contribution in [0, 0.1) is 0 Å². The first-order valence-corrected chi connectivity index (χ1v) is 35.3. The van der Waals surface area contributed by atoms with Gasteiger partial charge in [0, 0.05) is 12.8 Å². The Labute approximate surface area is 512 Å². The Kier molecular flexibility index (Phi) is 58.8. The van der Waals surface area contributed by atoms with E-state index in [1.165, 1.54) is 135 Å². The van der Waals surface area contributed by atoms with Gasteiger partial charge in [0.25, 0.3) is 7.82 Å². The van der Waals surface area contributed by atoms with Crippen LogP contribution >= 0.6 is 7.82 Å². The number of hydrogen-bond acceptors (Lipinski definition) is 7. The lowest BCUT2D eigenvalue weighted by Crippen LogP contribution is -2.47. The van der Waals surface area contributed by atoms with Crippen LogP contribution in [0.1, 0.15) is 278 Å². The number of carbonyl (C=O) groups excluding carboxylic acids is 2. The fourth-order valence-electron chi connectivity index (χ4n) is 9.19. The van der Waals surface area contributed by atoms with Gasteiger partial charge in [-0.05, 0) is 115 Å². The number of nitrogens with one attached hydrogen (secondary N) is 1. The Hall–Kier alpha value is -3.59. The molecule has 0 aromatic carbocycles. The van der Waals surface area contributed by atoms with Gasteiger partial charge >= 0.3 is 5.97 Å². The van der Waals surface area contributed by atoms with E-state index in [1.807, 2.05) is 33.3 Å². The molecule has 0 fully saturated rings. The number of quaternary nitrogens is 1. The molecule has 0 aromatic rings. The zero-order valence-electron chi connectivity index (χ0n) is 54.4. The van der Waals surface area contributed by atoms with Crippen LogP contribution in [-0.2, 0) is 27.9 Å². The summed E-state index contributed by atoms with van der Waals surface area (Å²) in [6.07, 6.45) is 86.1. The minimum absolute atomic E-state index is 0.0390. The maximum atomic E-state index is 13.5. The molecule has 0 spiro atoms. The number of esters is 1. The van der Waals surface area contributed by atoms with E-state index in [-0.39, 0.29) is 31.3 Å². The average Bonchev–Trinajstić information content (AvgIpc) is 3.46. The summed E-state index contributed by atoms with van der Waals surface area (Å²) in [4.78, 5) is 40.1. The number of rotatable bonds is 60. The third-order valence-corrected chi connectivity index (χ3v) is 15.3. The van der Waals surface area contributed by atoms with Gasteiger partial charge in [-0.2, -0.15) is 0 Å². The number of carbonyl (C=O) groups is 2. The second-order valence-electron chi connectivity index (χ2n) is 23.6. The Bertz CT molecular complexity index is 1830. The summed E-state index contributed by atoms with van der Waals surface area (Å²) >= 11 is 0. The number of unbranched alkanes of at least 4 members (excludes halogenated alkanes) is 26. The summed E-state index contributed by atoms with van der Waals surface area (Å²) in [5, 5.41) is 3.00. The molecule has 0 rings (SSSR count). The van der Waals surface area contributed by atoms with Gasteiger partial charge in [0.1, 0.15) is 19.3 Å². The average molecular weight is 1180 g/mol. The standard InChI is InChI=1S/C73H127N2O7P/c1-7-10-13-16-19-22-25-28-30-32-33-34-35-36-37-38-39-40-41-43-45-48-51-54-57-60-63-66-73(77)82-71(64-61-58-55-52-49-46-27-24-21-18-15-12-9-3)70(69-81-83(78,79)80-68-67-75(4,5)6)74-72(76)65-62-59-56-53-50-47-44-42-31-29-26-23-20-17-14-11-8-2/h11,14,19-20,22-23,28-31,33-34,36-37,44,47,53,56,61,64,70-71H,7-10,12-13,15-18,21,24-27,32,35,38-43,45-46,48-52,54-55,57-60,62-63,65-69H2,1-6H3,(H-,74,76,78,79)/b14-11-,22-19-,23-20-,30-28-,31-29-,34-33-,37-36-,47-44-,56-53-,64-61-. The fraction of sp³-hybridized carbons (Fsp3) is 0.699. The highest BCUT2D eigenvalue weighted by Crippen LogP contribution is 2.38. The highest BCUT2D eigenvalue weighted by molar-refractivity contribution is 7.45. The molecule has 0 aromatic heterocycles. The molecule has 0 aliphatic rings. The number of hydrogen-bond donors (Lipinski definition) is 1. The van der Waals surface area contributed by atoms with Crippen molar-refractivity contribution in [3.05, 3.63) is 122 Å². The molecule has 0 saturated carbocycles. The molecule has 1 amide bonds. The van der Waals surface area contributed by atoms with Crippen molar-refractivity contribution in [3.63, 3.8) is 0 Å². The SMILES string of the molecule is CC/C=C\C/C=C\C/C=C\C/C=C\C/C=C\CCCC(=O)NC(COP(=O)([O-])OCC[N+](C)(C)C)C(/C=C\CCCCCCCCCCCCC)OC(=O)CCCCCCCCCCCCC/C=C\C/C=C\C/C=C\C/C=C\CCCCC. The molecule has 0 radical (unpaired) electrons. The van der Waals surface area contributed by atoms with Crippen LogP contribution in [0.2, 0.25) is 0 Å². The predicted octanol–water partition coefficient (Wildman–Crippen LogP) is 20.8. The second kappa shape index (κ2) is 61.5. The molecule has 0 aliphatic carbocycles. The summed E-state index contributed by atoms with van der Waals surface area (Å²) in [5.74, 6) is -0.616. The summed E-state index contributed by atoms with van der Waals surface area (Å²) in [5.41, 5.74) is 0. The van der Waals surface area contributed by atoms with Gasteiger partial charge in [0.15, 0.2) is 0 Å². The Morgan fingerprint density at radius 3 is 1.20 bits per heavy atom. The van der Waals surface area contributed by atoms with E-state index in [4.69, 9.17) is 13.8 Å². The first-order chi connectivity index (χ1) is 40.4. The molecule has 3 atom stereocenters. The van der Waals surface area contributed by atoms with Crippen LogP contribution in [-0.4, -0.2) is 69.4 Å². The molecule has 1 N–H and O–H groups in total. The van der Waals surface area contributed by atoms with Crippen LogP contribution in [0.4, 0.5) is 0 Å². The molecule has 10 heteroatoms. The van der Waals surface area contributed by atoms with E-state index >= 15 is 0 Å². The van der Waals surface area contributed by atoms with Gasteiger partial charge in [0.2, 0.25) is 5.91 Å². The van der Waals surface area contributed by atoms with Gasteiger partial charge in [0.05, 0.1) is 33.8 Å². The minimum atomic E-state index is -4.73. The Morgan fingerprint density at radius 2 is 0.783 bits per heavy atom. The number of nitrogens with zero attached hydrogens (tertiary/aromatic N) is 1. The summed E-state index contributed by atoms with van der Waals surface area (Å²) in [6.45, 7) is 6.66. The number of likely N-dealkylation sites (N-methyl/N-ethyl adjacent to an activating group) is 1. The molecule has 0 aliphatic heterocycles. The Morgan fingerprint density at radius 1 is 0.434 bits per heavy atom. The van der Waals surface area contributed by atoms with Crippen LogP contribution in [0.25, 0.3) is 0 Å². The van der Waals surface area contributed by atoms with Gasteiger partial charge in [-0.15, -0.1) is 0 Å². The lowest BCUT2D eigenvalue weighted by Gasteiger charge is -2.30. The van der Waals surface area contributed by atoms with Crippen molar-refractivity contribution in [2.75, 3.05) is 40.9 Å². The zero-order chi connectivity index (χ0) is 60.7. The van der Waals surface area contributed by atoms with Crippen LogP contribution in [0.5, 0.6) is 0 Å². The van der Waals surface area contributed by atoms with Crippen molar-refractivity contribution < 1.29 is 37.3 Å². The molecule has 3 unspecified atom stereocenters. The quantitative estimate of drug-likeness (QED) is 0.0212. The molecule has 0 heterocycles. The maximum absolute atomic E-state index is 13.5. The highest BCUT2D eigenvalue weighted by Gasteiger charge is 2.27. The van der Waals surface area contributed by atoms with Crippen LogP contribution in [0.3, 0.4) is 0 Å². The van der Waals surface area contributed by atoms with E-state index in [0.717, 1.165) is 96.3 Å². The van der Waals surface area contributed by atoms with Gasteiger partial charge < -0.3 is 28.5 Å². The van der Waals surface area contributed by atoms with Gasteiger partial charge in [-0.1, -0.05) is 271 Å². The highest BCUT2D eigenvalue weighted by atomic mass is 31.2. The molecular weight excluding hydrogens is 1050 g/mol.